The highest BCUT2D eigenvalue weighted by Gasteiger charge is 2.33. The number of thiophene rings is 1. The predicted molar refractivity (Wildman–Crippen MR) is 122 cm³/mol. The van der Waals surface area contributed by atoms with Crippen LogP contribution < -0.4 is 5.56 Å². The normalized spacial score (nSPS) is 16.6. The van der Waals surface area contributed by atoms with E-state index < -0.39 is 12.0 Å². The maximum atomic E-state index is 13.6. The molecule has 1 aliphatic heterocycles. The van der Waals surface area contributed by atoms with Gasteiger partial charge >= 0.3 is 0 Å². The van der Waals surface area contributed by atoms with Crippen LogP contribution in [0.15, 0.2) is 4.79 Å². The summed E-state index contributed by atoms with van der Waals surface area (Å²) in [5.74, 6) is -0.0615. The van der Waals surface area contributed by atoms with E-state index in [2.05, 4.69) is 24.0 Å². The third-order valence-electron chi connectivity index (χ3n) is 5.86. The minimum atomic E-state index is -0.740. The van der Waals surface area contributed by atoms with Gasteiger partial charge in [-0.2, -0.15) is 10.2 Å². The lowest BCUT2D eigenvalue weighted by atomic mass is 10.0. The number of nitrogens with zero attached hydrogens (tertiary/aromatic N) is 5. The maximum absolute atomic E-state index is 13.6. The second-order valence-electron chi connectivity index (χ2n) is 8.84. The Labute approximate surface area is 190 Å². The largest absolute Gasteiger partial charge is 0.389 e. The van der Waals surface area contributed by atoms with Crippen LogP contribution >= 0.6 is 11.3 Å². The number of aliphatic hydroxyl groups excluding tert-OH is 1. The van der Waals surface area contributed by atoms with Crippen molar-refractivity contribution in [1.29, 1.82) is 0 Å². The molecule has 0 saturated carbocycles. The highest BCUT2D eigenvalue weighted by atomic mass is 32.1. The van der Waals surface area contributed by atoms with Crippen LogP contribution in [-0.4, -0.2) is 54.9 Å². The molecule has 1 fully saturated rings. The smallest absolute Gasteiger partial charge is 0.279 e. The summed E-state index contributed by atoms with van der Waals surface area (Å²) in [7, 11) is 3.51. The zero-order valence-electron chi connectivity index (χ0n) is 19.3. The lowest BCUT2D eigenvalue weighted by Crippen LogP contribution is -2.31. The van der Waals surface area contributed by atoms with Gasteiger partial charge in [-0.3, -0.25) is 19.1 Å². The number of β-amino-alcohol motifs (C(OH)–C–C–N with tert-alkyl or cyclic N) is 1. The van der Waals surface area contributed by atoms with E-state index in [4.69, 9.17) is 4.84 Å². The number of aromatic nitrogens is 4. The molecular weight excluding hydrogens is 430 g/mol. The molecule has 1 atom stereocenters. The van der Waals surface area contributed by atoms with Gasteiger partial charge in [-0.25, -0.2) is 9.75 Å². The molecule has 0 radical (unpaired) electrons. The molecular formula is C22H29N5O4S. The van der Waals surface area contributed by atoms with Crippen LogP contribution in [0.2, 0.25) is 0 Å². The van der Waals surface area contributed by atoms with E-state index in [1.807, 2.05) is 25.6 Å². The van der Waals surface area contributed by atoms with Crippen LogP contribution in [0.25, 0.3) is 10.1 Å². The van der Waals surface area contributed by atoms with Crippen molar-refractivity contribution in [3.8, 4) is 0 Å². The van der Waals surface area contributed by atoms with Crippen molar-refractivity contribution < 1.29 is 14.7 Å². The Morgan fingerprint density at radius 2 is 1.97 bits per heavy atom. The van der Waals surface area contributed by atoms with Gasteiger partial charge in [-0.1, -0.05) is 13.8 Å². The first-order chi connectivity index (χ1) is 15.1. The van der Waals surface area contributed by atoms with E-state index in [9.17, 15) is 14.7 Å². The molecule has 10 heteroatoms. The first-order valence-electron chi connectivity index (χ1n) is 10.7. The van der Waals surface area contributed by atoms with Gasteiger partial charge in [-0.15, -0.1) is 11.3 Å². The molecule has 0 bridgehead atoms. The summed E-state index contributed by atoms with van der Waals surface area (Å²) in [6.07, 6.45) is 0.436. The van der Waals surface area contributed by atoms with Gasteiger partial charge in [0.05, 0.1) is 33.6 Å². The molecule has 0 aliphatic carbocycles. The fourth-order valence-electron chi connectivity index (χ4n) is 4.16. The Balaban J connectivity index is 1.96. The summed E-state index contributed by atoms with van der Waals surface area (Å²) in [4.78, 5) is 33.0. The number of hydroxylamine groups is 2. The van der Waals surface area contributed by atoms with Crippen LogP contribution in [0, 0.1) is 19.8 Å². The second kappa shape index (κ2) is 8.42. The third kappa shape index (κ3) is 3.87. The van der Waals surface area contributed by atoms with Crippen molar-refractivity contribution in [2.45, 2.75) is 46.6 Å². The van der Waals surface area contributed by atoms with Gasteiger partial charge in [0.2, 0.25) is 0 Å². The number of fused-ring (bicyclic) bond motifs is 1. The molecule has 172 valence electrons. The summed E-state index contributed by atoms with van der Waals surface area (Å²) >= 11 is 1.45. The number of rotatable bonds is 5. The fraction of sp³-hybridized carbons (Fsp3) is 0.545. The van der Waals surface area contributed by atoms with Crippen LogP contribution in [-0.2, 0) is 31.8 Å². The van der Waals surface area contributed by atoms with E-state index in [-0.39, 0.29) is 18.7 Å². The highest BCUT2D eigenvalue weighted by Crippen LogP contribution is 2.35. The summed E-state index contributed by atoms with van der Waals surface area (Å²) in [6, 6.07) is 0. The van der Waals surface area contributed by atoms with Gasteiger partial charge in [0, 0.05) is 36.7 Å². The lowest BCUT2D eigenvalue weighted by Gasteiger charge is -2.15. The van der Waals surface area contributed by atoms with Crippen molar-refractivity contribution in [3.05, 3.63) is 43.4 Å². The molecule has 1 saturated heterocycles. The summed E-state index contributed by atoms with van der Waals surface area (Å²) in [6.45, 7) is 8.27. The van der Waals surface area contributed by atoms with Crippen LogP contribution in [0.3, 0.4) is 0 Å². The van der Waals surface area contributed by atoms with Gasteiger partial charge < -0.3 is 5.11 Å². The van der Waals surface area contributed by atoms with E-state index in [0.29, 0.717) is 29.7 Å². The van der Waals surface area contributed by atoms with Crippen molar-refractivity contribution in [2.75, 3.05) is 13.2 Å². The molecule has 1 N–H and O–H groups in total. The molecule has 0 spiro atoms. The number of carbonyl (C=O) groups is 1. The number of amides is 1. The van der Waals surface area contributed by atoms with Crippen molar-refractivity contribution in [3.63, 3.8) is 0 Å². The quantitative estimate of drug-likeness (QED) is 0.625. The minimum absolute atomic E-state index is 0.0577. The van der Waals surface area contributed by atoms with Crippen molar-refractivity contribution in [1.82, 2.24) is 24.6 Å². The fourth-order valence-corrected chi connectivity index (χ4v) is 5.45. The second-order valence-corrected chi connectivity index (χ2v) is 9.95. The molecule has 9 nitrogen and oxygen atoms in total. The van der Waals surface area contributed by atoms with Gasteiger partial charge in [-0.05, 0) is 26.2 Å². The van der Waals surface area contributed by atoms with Crippen molar-refractivity contribution in [2.24, 2.45) is 20.0 Å². The number of hydrogen-bond acceptors (Lipinski definition) is 7. The third-order valence-corrected chi connectivity index (χ3v) is 7.10. The van der Waals surface area contributed by atoms with E-state index in [0.717, 1.165) is 32.2 Å². The molecule has 0 unspecified atom stereocenters. The average molecular weight is 460 g/mol. The SMILES string of the molecule is Cc1nn(C)c(C)c1Cc1sc2c(CC(C)C)nn(C)c(=O)c2c1C(=O)N1C[C@H](O)CO1. The maximum Gasteiger partial charge on any atom is 0.279 e. The van der Waals surface area contributed by atoms with E-state index >= 15 is 0 Å². The number of hydrogen-bond donors (Lipinski definition) is 1. The predicted octanol–water partition coefficient (Wildman–Crippen LogP) is 1.88. The Morgan fingerprint density at radius 1 is 1.25 bits per heavy atom. The van der Waals surface area contributed by atoms with Crippen molar-refractivity contribution >= 4 is 27.3 Å². The highest BCUT2D eigenvalue weighted by molar-refractivity contribution is 7.19. The van der Waals surface area contributed by atoms with E-state index in [1.54, 1.807) is 7.05 Å². The molecule has 0 aromatic carbocycles. The van der Waals surface area contributed by atoms with Gasteiger partial charge in [0.25, 0.3) is 11.5 Å². The van der Waals surface area contributed by atoms with E-state index in [1.165, 1.54) is 21.1 Å². The van der Waals surface area contributed by atoms with Gasteiger partial charge in [0.15, 0.2) is 0 Å². The Bertz CT molecular complexity index is 1260. The topological polar surface area (TPSA) is 102 Å². The Hall–Kier alpha value is -2.56. The number of aryl methyl sites for hydroxylation is 3. The molecule has 4 rings (SSSR count). The molecule has 3 aromatic heterocycles. The molecule has 4 heterocycles. The summed E-state index contributed by atoms with van der Waals surface area (Å²) in [5, 5.41) is 20.4. The lowest BCUT2D eigenvalue weighted by molar-refractivity contribution is -0.0778. The summed E-state index contributed by atoms with van der Waals surface area (Å²) in [5.41, 5.74) is 3.78. The first kappa shape index (κ1) is 22.6. The molecule has 3 aromatic rings. The minimum Gasteiger partial charge on any atom is -0.389 e. The number of aliphatic hydroxyl groups is 1. The van der Waals surface area contributed by atoms with Gasteiger partial charge in [0.1, 0.15) is 12.7 Å². The molecule has 1 aliphatic rings. The average Bonchev–Trinajstić information content (AvgIpc) is 3.38. The standard InChI is InChI=1S/C22H29N5O4S/c1-11(2)7-16-20-19(21(29)26(6)24-16)18(22(30)27-9-14(28)10-31-27)17(32-20)8-15-12(3)23-25(5)13(15)4/h11,14,28H,7-10H2,1-6H3/t14-/m0/s1. The molecule has 1 amide bonds. The monoisotopic (exact) mass is 459 g/mol. The molecule has 32 heavy (non-hydrogen) atoms. The first-order valence-corrected chi connectivity index (χ1v) is 11.5. The summed E-state index contributed by atoms with van der Waals surface area (Å²) < 4.78 is 3.89. The number of carbonyl (C=O) groups excluding carboxylic acids is 1. The zero-order valence-corrected chi connectivity index (χ0v) is 20.1. The van der Waals surface area contributed by atoms with Crippen LogP contribution in [0.5, 0.6) is 0 Å². The van der Waals surface area contributed by atoms with Crippen LogP contribution in [0.4, 0.5) is 0 Å². The Kier molecular flexibility index (Phi) is 5.95. The zero-order chi connectivity index (χ0) is 23.3. The van der Waals surface area contributed by atoms with Crippen LogP contribution in [0.1, 0.15) is 51.7 Å². The Morgan fingerprint density at radius 3 is 2.53 bits per heavy atom.